The van der Waals surface area contributed by atoms with Crippen molar-refractivity contribution >= 4 is 11.0 Å². The van der Waals surface area contributed by atoms with Gasteiger partial charge in [0.15, 0.2) is 0 Å². The smallest absolute Gasteiger partial charge is 0.0881 e. The largest absolute Gasteiger partial charge is 0.357 e. The summed E-state index contributed by atoms with van der Waals surface area (Å²) < 4.78 is 0. The Morgan fingerprint density at radius 2 is 1.79 bits per heavy atom. The van der Waals surface area contributed by atoms with Crippen LogP contribution in [0.15, 0.2) is 24.4 Å². The summed E-state index contributed by atoms with van der Waals surface area (Å²) in [6.07, 6.45) is 1.80. The predicted octanol–water partition coefficient (Wildman–Crippen LogP) is 3.92. The Balaban J connectivity index is 0.000000379. The molecule has 0 fully saturated rings. The Bertz CT molecular complexity index is 317. The first-order chi connectivity index (χ1) is 6.86. The second-order valence-corrected chi connectivity index (χ2v) is 2.39. The van der Waals surface area contributed by atoms with Gasteiger partial charge in [0.2, 0.25) is 0 Å². The van der Waals surface area contributed by atoms with Crippen LogP contribution in [-0.4, -0.2) is 9.97 Å². The Morgan fingerprint density at radius 1 is 1.14 bits per heavy atom. The fourth-order valence-corrected chi connectivity index (χ4v) is 1.09. The van der Waals surface area contributed by atoms with Gasteiger partial charge in [-0.25, -0.2) is 0 Å². The van der Waals surface area contributed by atoms with Gasteiger partial charge in [-0.1, -0.05) is 27.7 Å². The zero-order valence-corrected chi connectivity index (χ0v) is 9.76. The van der Waals surface area contributed by atoms with Crippen LogP contribution >= 0.6 is 0 Å². The van der Waals surface area contributed by atoms with Crippen LogP contribution in [0.2, 0.25) is 0 Å². The van der Waals surface area contributed by atoms with E-state index in [1.165, 1.54) is 0 Å². The van der Waals surface area contributed by atoms with Gasteiger partial charge >= 0.3 is 0 Å². The van der Waals surface area contributed by atoms with Crippen molar-refractivity contribution in [1.29, 1.82) is 0 Å². The van der Waals surface area contributed by atoms with Crippen molar-refractivity contribution in [1.82, 2.24) is 9.97 Å². The van der Waals surface area contributed by atoms with Gasteiger partial charge in [0.05, 0.1) is 11.0 Å². The number of hydrogen-bond acceptors (Lipinski definition) is 1. The maximum absolute atomic E-state index is 4.17. The molecular weight excluding hydrogens is 172 g/mol. The van der Waals surface area contributed by atoms with E-state index in [-0.39, 0.29) is 0 Å². The first-order valence-electron chi connectivity index (χ1n) is 5.26. The van der Waals surface area contributed by atoms with Crippen LogP contribution in [0, 0.1) is 6.92 Å². The molecule has 2 rings (SSSR count). The van der Waals surface area contributed by atoms with E-state index in [9.17, 15) is 0 Å². The first-order valence-corrected chi connectivity index (χ1v) is 5.26. The second-order valence-electron chi connectivity index (χ2n) is 2.39. The van der Waals surface area contributed by atoms with Gasteiger partial charge in [0.1, 0.15) is 0 Å². The van der Waals surface area contributed by atoms with E-state index in [4.69, 9.17) is 0 Å². The topological polar surface area (TPSA) is 28.7 Å². The number of nitrogens with one attached hydrogen (secondary N) is 1. The van der Waals surface area contributed by atoms with Crippen LogP contribution in [0.25, 0.3) is 11.0 Å². The van der Waals surface area contributed by atoms with E-state index in [0.717, 1.165) is 16.7 Å². The maximum Gasteiger partial charge on any atom is 0.0881 e. The quantitative estimate of drug-likeness (QED) is 0.673. The van der Waals surface area contributed by atoms with Crippen molar-refractivity contribution in [2.24, 2.45) is 0 Å². The molecule has 0 aromatic carbocycles. The number of rotatable bonds is 0. The molecule has 2 heteroatoms. The van der Waals surface area contributed by atoms with Crippen molar-refractivity contribution < 1.29 is 0 Å². The lowest BCUT2D eigenvalue weighted by atomic mass is 10.4. The Kier molecular flexibility index (Phi) is 6.46. The fraction of sp³-hybridized carbons (Fsp3) is 0.417. The number of H-pyrrole nitrogens is 1. The molecular formula is C12H20N2. The molecule has 0 aliphatic carbocycles. The highest BCUT2D eigenvalue weighted by atomic mass is 14.8. The average molecular weight is 192 g/mol. The lowest BCUT2D eigenvalue weighted by Crippen LogP contribution is -1.69. The van der Waals surface area contributed by atoms with Crippen molar-refractivity contribution in [2.75, 3.05) is 0 Å². The third kappa shape index (κ3) is 3.21. The molecule has 0 amide bonds. The van der Waals surface area contributed by atoms with Gasteiger partial charge in [0, 0.05) is 11.9 Å². The molecule has 2 heterocycles. The van der Waals surface area contributed by atoms with E-state index in [1.807, 2.05) is 52.8 Å². The number of aromatic nitrogens is 2. The summed E-state index contributed by atoms with van der Waals surface area (Å²) in [7, 11) is 0. The van der Waals surface area contributed by atoms with Gasteiger partial charge in [-0.3, -0.25) is 4.98 Å². The van der Waals surface area contributed by atoms with Gasteiger partial charge in [-0.2, -0.15) is 0 Å². The molecule has 0 radical (unpaired) electrons. The van der Waals surface area contributed by atoms with Gasteiger partial charge in [-0.05, 0) is 25.1 Å². The van der Waals surface area contributed by atoms with Gasteiger partial charge in [-0.15, -0.1) is 0 Å². The van der Waals surface area contributed by atoms with Crippen LogP contribution < -0.4 is 0 Å². The minimum absolute atomic E-state index is 1.04. The number of pyridine rings is 1. The third-order valence-corrected chi connectivity index (χ3v) is 1.52. The van der Waals surface area contributed by atoms with Gasteiger partial charge in [0.25, 0.3) is 0 Å². The monoisotopic (exact) mass is 192 g/mol. The molecule has 0 aliphatic rings. The molecule has 0 unspecified atom stereocenters. The van der Waals surface area contributed by atoms with E-state index in [2.05, 4.69) is 9.97 Å². The SMILES string of the molecule is CC.CC.Cc1cc2ncccc2[nH]1. The normalized spacial score (nSPS) is 8.36. The molecule has 0 saturated heterocycles. The molecule has 0 spiro atoms. The summed E-state index contributed by atoms with van der Waals surface area (Å²) in [6, 6.07) is 5.99. The lowest BCUT2D eigenvalue weighted by molar-refractivity contribution is 1.30. The molecule has 2 aromatic rings. The first kappa shape index (κ1) is 12.7. The van der Waals surface area contributed by atoms with E-state index < -0.39 is 0 Å². The molecule has 0 aliphatic heterocycles. The third-order valence-electron chi connectivity index (χ3n) is 1.52. The van der Waals surface area contributed by atoms with Crippen molar-refractivity contribution in [2.45, 2.75) is 34.6 Å². The summed E-state index contributed by atoms with van der Waals surface area (Å²) >= 11 is 0. The maximum atomic E-state index is 4.17. The standard InChI is InChI=1S/C8H8N2.2C2H6/c1-6-5-8-7(10-6)3-2-4-9-8;2*1-2/h2-5,10H,1H3;2*1-2H3. The summed E-state index contributed by atoms with van der Waals surface area (Å²) in [6.45, 7) is 10.0. The Hall–Kier alpha value is -1.31. The van der Waals surface area contributed by atoms with Crippen molar-refractivity contribution in [3.05, 3.63) is 30.1 Å². The van der Waals surface area contributed by atoms with Crippen LogP contribution in [0.1, 0.15) is 33.4 Å². The van der Waals surface area contributed by atoms with E-state index >= 15 is 0 Å². The highest BCUT2D eigenvalue weighted by Gasteiger charge is 1.93. The highest BCUT2D eigenvalue weighted by Crippen LogP contribution is 2.09. The number of nitrogens with zero attached hydrogens (tertiary/aromatic N) is 1. The Morgan fingerprint density at radius 3 is 2.36 bits per heavy atom. The number of hydrogen-bond donors (Lipinski definition) is 1. The summed E-state index contributed by atoms with van der Waals surface area (Å²) in [5.41, 5.74) is 3.31. The lowest BCUT2D eigenvalue weighted by Gasteiger charge is -1.83. The zero-order valence-electron chi connectivity index (χ0n) is 9.76. The highest BCUT2D eigenvalue weighted by molar-refractivity contribution is 5.75. The van der Waals surface area contributed by atoms with Crippen LogP contribution in [0.5, 0.6) is 0 Å². The summed E-state index contributed by atoms with van der Waals surface area (Å²) in [5, 5.41) is 0. The van der Waals surface area contributed by atoms with Crippen LogP contribution in [0.4, 0.5) is 0 Å². The molecule has 14 heavy (non-hydrogen) atoms. The van der Waals surface area contributed by atoms with E-state index in [0.29, 0.717) is 0 Å². The van der Waals surface area contributed by atoms with E-state index in [1.54, 1.807) is 6.20 Å². The molecule has 0 saturated carbocycles. The van der Waals surface area contributed by atoms with Crippen LogP contribution in [0.3, 0.4) is 0 Å². The Labute approximate surface area is 86.4 Å². The molecule has 78 valence electrons. The zero-order chi connectivity index (χ0) is 11.0. The second kappa shape index (κ2) is 7.13. The minimum atomic E-state index is 1.04. The summed E-state index contributed by atoms with van der Waals surface area (Å²) in [4.78, 5) is 7.37. The fourth-order valence-electron chi connectivity index (χ4n) is 1.09. The van der Waals surface area contributed by atoms with Crippen molar-refractivity contribution in [3.63, 3.8) is 0 Å². The number of fused-ring (bicyclic) bond motifs is 1. The summed E-state index contributed by atoms with van der Waals surface area (Å²) in [5.74, 6) is 0. The molecule has 2 nitrogen and oxygen atoms in total. The predicted molar refractivity (Wildman–Crippen MR) is 63.5 cm³/mol. The average Bonchev–Trinajstić information content (AvgIpc) is 2.64. The molecule has 1 N–H and O–H groups in total. The number of aromatic amines is 1. The molecule has 0 bridgehead atoms. The van der Waals surface area contributed by atoms with Crippen LogP contribution in [-0.2, 0) is 0 Å². The molecule has 0 atom stereocenters. The minimum Gasteiger partial charge on any atom is -0.357 e. The molecule has 2 aromatic heterocycles. The van der Waals surface area contributed by atoms with Gasteiger partial charge < -0.3 is 4.98 Å². The van der Waals surface area contributed by atoms with Crippen molar-refractivity contribution in [3.8, 4) is 0 Å². The number of aryl methyl sites for hydroxylation is 1.